The van der Waals surface area contributed by atoms with Crippen LogP contribution < -0.4 is 0 Å². The summed E-state index contributed by atoms with van der Waals surface area (Å²) >= 11 is 0. The van der Waals surface area contributed by atoms with E-state index >= 15 is 0 Å². The highest BCUT2D eigenvalue weighted by Gasteiger charge is 2.31. The van der Waals surface area contributed by atoms with Crippen molar-refractivity contribution in [1.82, 2.24) is 0 Å². The van der Waals surface area contributed by atoms with E-state index < -0.39 is 21.3 Å². The average molecular weight is 409 g/mol. The van der Waals surface area contributed by atoms with E-state index in [1.165, 1.54) is 64.2 Å². The van der Waals surface area contributed by atoms with E-state index in [1.54, 1.807) is 0 Å². The Morgan fingerprint density at radius 1 is 0.815 bits per heavy atom. The van der Waals surface area contributed by atoms with Crippen molar-refractivity contribution in [2.75, 3.05) is 13.2 Å². The van der Waals surface area contributed by atoms with Crippen LogP contribution in [0.3, 0.4) is 0 Å². The normalized spacial score (nSPS) is 12.9. The minimum Gasteiger partial charge on any atom is -0.462 e. The molecule has 1 atom stereocenters. The first-order chi connectivity index (χ1) is 12.9. The summed E-state index contributed by atoms with van der Waals surface area (Å²) in [6, 6.07) is 0. The molecule has 0 rings (SSSR count). The summed E-state index contributed by atoms with van der Waals surface area (Å²) in [4.78, 5) is 11.6. The van der Waals surface area contributed by atoms with Gasteiger partial charge in [-0.15, -0.1) is 0 Å². The highest BCUT2D eigenvalue weighted by Crippen LogP contribution is 2.16. The third-order valence-electron chi connectivity index (χ3n) is 4.78. The number of ether oxygens (including phenoxy) is 1. The molecule has 0 aliphatic heterocycles. The monoisotopic (exact) mass is 408 g/mol. The maximum Gasteiger partial charge on any atom is 0.326 e. The number of hydrogen-bond acceptors (Lipinski definition) is 5. The van der Waals surface area contributed by atoms with E-state index in [1.807, 2.05) is 0 Å². The van der Waals surface area contributed by atoms with E-state index in [-0.39, 0.29) is 19.6 Å². The van der Waals surface area contributed by atoms with Crippen molar-refractivity contribution in [1.29, 1.82) is 0 Å². The quantitative estimate of drug-likeness (QED) is 0.183. The fourth-order valence-corrected chi connectivity index (χ4v) is 3.93. The predicted molar refractivity (Wildman–Crippen MR) is 108 cm³/mol. The number of aliphatic hydroxyl groups is 1. The van der Waals surface area contributed by atoms with Crippen LogP contribution in [0.5, 0.6) is 0 Å². The molecule has 0 aromatic heterocycles. The largest absolute Gasteiger partial charge is 0.462 e. The fraction of sp³-hybridized carbons (Fsp3) is 0.950. The Balaban J connectivity index is 3.61. The van der Waals surface area contributed by atoms with E-state index in [4.69, 9.17) is 9.66 Å². The summed E-state index contributed by atoms with van der Waals surface area (Å²) in [7, 11) is -4.47. The Hall–Kier alpha value is -0.660. The van der Waals surface area contributed by atoms with Crippen molar-refractivity contribution in [2.24, 2.45) is 0 Å². The molecule has 162 valence electrons. The molecule has 0 spiro atoms. The van der Waals surface area contributed by atoms with Gasteiger partial charge >= 0.3 is 5.97 Å². The van der Waals surface area contributed by atoms with Gasteiger partial charge in [-0.3, -0.25) is 9.35 Å². The number of unbranched alkanes of at least 4 members (excludes halogenated alkanes) is 13. The third-order valence-corrected chi connectivity index (χ3v) is 5.93. The molecule has 27 heavy (non-hydrogen) atoms. The van der Waals surface area contributed by atoms with E-state index in [0.29, 0.717) is 6.42 Å². The van der Waals surface area contributed by atoms with Gasteiger partial charge in [-0.2, -0.15) is 8.42 Å². The van der Waals surface area contributed by atoms with Gasteiger partial charge in [0.25, 0.3) is 10.1 Å². The molecule has 0 aliphatic rings. The zero-order chi connectivity index (χ0) is 20.4. The number of esters is 1. The molecule has 0 aliphatic carbocycles. The van der Waals surface area contributed by atoms with E-state index in [9.17, 15) is 13.2 Å². The molecule has 0 heterocycles. The standard InChI is InChI=1S/C20H40O6S/c1-2-3-4-5-6-7-8-9-10-11-12-13-14-15-16-19(27(23,24)25)20(22)26-18-17-21/h19,21H,2-18H2,1H3,(H,23,24,25). The Kier molecular flexibility index (Phi) is 17.0. The lowest BCUT2D eigenvalue weighted by atomic mass is 10.0. The number of carbonyl (C=O) groups excluding carboxylic acids is 1. The first-order valence-corrected chi connectivity index (χ1v) is 12.2. The van der Waals surface area contributed by atoms with Crippen molar-refractivity contribution in [3.63, 3.8) is 0 Å². The second-order valence-electron chi connectivity index (χ2n) is 7.28. The van der Waals surface area contributed by atoms with Gasteiger partial charge in [-0.25, -0.2) is 0 Å². The summed E-state index contributed by atoms with van der Waals surface area (Å²) in [5.41, 5.74) is 0. The van der Waals surface area contributed by atoms with Gasteiger partial charge in [0.1, 0.15) is 6.61 Å². The van der Waals surface area contributed by atoms with Crippen LogP contribution >= 0.6 is 0 Å². The van der Waals surface area contributed by atoms with Crippen LogP contribution in [0, 0.1) is 0 Å². The summed E-state index contributed by atoms with van der Waals surface area (Å²) < 4.78 is 36.4. The van der Waals surface area contributed by atoms with Gasteiger partial charge in [-0.1, -0.05) is 96.8 Å². The smallest absolute Gasteiger partial charge is 0.326 e. The fourth-order valence-electron chi connectivity index (χ4n) is 3.15. The molecule has 0 bridgehead atoms. The molecule has 0 saturated heterocycles. The number of hydrogen-bond donors (Lipinski definition) is 2. The Morgan fingerprint density at radius 3 is 1.59 bits per heavy atom. The number of rotatable bonds is 19. The van der Waals surface area contributed by atoms with Crippen molar-refractivity contribution >= 4 is 16.1 Å². The minimum atomic E-state index is -4.47. The van der Waals surface area contributed by atoms with Crippen LogP contribution in [0.4, 0.5) is 0 Å². The van der Waals surface area contributed by atoms with Gasteiger partial charge in [0.15, 0.2) is 5.25 Å². The van der Waals surface area contributed by atoms with Crippen molar-refractivity contribution < 1.29 is 27.6 Å². The van der Waals surface area contributed by atoms with Gasteiger partial charge in [0.05, 0.1) is 6.61 Å². The maximum absolute atomic E-state index is 11.6. The van der Waals surface area contributed by atoms with Crippen LogP contribution in [0.15, 0.2) is 0 Å². The molecule has 0 saturated carbocycles. The lowest BCUT2D eigenvalue weighted by Crippen LogP contribution is -2.32. The number of aliphatic hydroxyl groups excluding tert-OH is 1. The van der Waals surface area contributed by atoms with Gasteiger partial charge in [-0.05, 0) is 6.42 Å². The molecule has 0 aromatic carbocycles. The molecule has 0 radical (unpaired) electrons. The maximum atomic E-state index is 11.6. The lowest BCUT2D eigenvalue weighted by molar-refractivity contribution is -0.144. The van der Waals surface area contributed by atoms with Crippen molar-refractivity contribution in [3.8, 4) is 0 Å². The van der Waals surface area contributed by atoms with E-state index in [2.05, 4.69) is 11.7 Å². The van der Waals surface area contributed by atoms with Crippen LogP contribution in [-0.4, -0.2) is 42.5 Å². The summed E-state index contributed by atoms with van der Waals surface area (Å²) in [5, 5.41) is 7.08. The summed E-state index contributed by atoms with van der Waals surface area (Å²) in [6.45, 7) is 1.60. The average Bonchev–Trinajstić information content (AvgIpc) is 2.62. The molecule has 7 heteroatoms. The highest BCUT2D eigenvalue weighted by molar-refractivity contribution is 7.87. The minimum absolute atomic E-state index is 0.0567. The van der Waals surface area contributed by atoms with Crippen LogP contribution in [0.1, 0.15) is 103 Å². The van der Waals surface area contributed by atoms with E-state index in [0.717, 1.165) is 19.3 Å². The highest BCUT2D eigenvalue weighted by atomic mass is 32.2. The molecule has 6 nitrogen and oxygen atoms in total. The predicted octanol–water partition coefficient (Wildman–Crippen LogP) is 4.65. The molecular weight excluding hydrogens is 368 g/mol. The Labute approximate surface area is 165 Å². The van der Waals surface area contributed by atoms with Gasteiger partial charge in [0.2, 0.25) is 0 Å². The zero-order valence-corrected chi connectivity index (χ0v) is 17.9. The molecular formula is C20H40O6S. The molecule has 0 fully saturated rings. The third kappa shape index (κ3) is 16.0. The van der Waals surface area contributed by atoms with Crippen LogP contribution in [0.25, 0.3) is 0 Å². The summed E-state index contributed by atoms with van der Waals surface area (Å²) in [5.74, 6) is -0.985. The van der Waals surface area contributed by atoms with Gasteiger partial charge < -0.3 is 9.84 Å². The second kappa shape index (κ2) is 17.4. The van der Waals surface area contributed by atoms with Crippen LogP contribution in [0.2, 0.25) is 0 Å². The Morgan fingerprint density at radius 2 is 1.22 bits per heavy atom. The second-order valence-corrected chi connectivity index (χ2v) is 8.88. The first-order valence-electron chi connectivity index (χ1n) is 10.7. The van der Waals surface area contributed by atoms with Crippen molar-refractivity contribution in [3.05, 3.63) is 0 Å². The SMILES string of the molecule is CCCCCCCCCCCCCCCCC(C(=O)OCCO)S(=O)(=O)O. The molecule has 2 N–H and O–H groups in total. The zero-order valence-electron chi connectivity index (χ0n) is 17.0. The topological polar surface area (TPSA) is 101 Å². The molecule has 0 aromatic rings. The molecule has 0 amide bonds. The lowest BCUT2D eigenvalue weighted by Gasteiger charge is -2.12. The van der Waals surface area contributed by atoms with Crippen molar-refractivity contribution in [2.45, 2.75) is 108 Å². The van der Waals surface area contributed by atoms with Crippen LogP contribution in [-0.2, 0) is 19.6 Å². The van der Waals surface area contributed by atoms with Gasteiger partial charge in [0, 0.05) is 0 Å². The number of carbonyl (C=O) groups is 1. The molecule has 1 unspecified atom stereocenters. The Bertz CT molecular complexity index is 449. The first kappa shape index (κ1) is 26.3. The summed E-state index contributed by atoms with van der Waals surface area (Å²) in [6.07, 6.45) is 16.7.